The van der Waals surface area contributed by atoms with Crippen molar-refractivity contribution in [3.63, 3.8) is 0 Å². The highest BCUT2D eigenvalue weighted by Gasteiger charge is 2.31. The van der Waals surface area contributed by atoms with Crippen molar-refractivity contribution in [2.45, 2.75) is 13.1 Å². The van der Waals surface area contributed by atoms with Gasteiger partial charge in [0.2, 0.25) is 5.88 Å². The molecule has 0 aliphatic heterocycles. The van der Waals surface area contributed by atoms with Crippen LogP contribution in [0.2, 0.25) is 5.02 Å². The quantitative estimate of drug-likeness (QED) is 0.892. The minimum Gasteiger partial charge on any atom is -0.439 e. The SMILES string of the molecule is Cc1cc(Oc2cc(C(F)(F)F)cc(N)n2)ccc1Cl. The standard InChI is InChI=1S/C13H10ClF3N2O/c1-7-4-9(2-3-10(7)14)20-12-6-8(13(15,16)17)5-11(18)19-12/h2-6H,1H3,(H2,18,19). The fourth-order valence-electron chi connectivity index (χ4n) is 1.54. The molecule has 1 aromatic carbocycles. The van der Waals surface area contributed by atoms with Crippen LogP contribution in [-0.4, -0.2) is 4.98 Å². The third-order valence-corrected chi connectivity index (χ3v) is 2.92. The highest BCUT2D eigenvalue weighted by atomic mass is 35.5. The molecule has 20 heavy (non-hydrogen) atoms. The lowest BCUT2D eigenvalue weighted by Gasteiger charge is -2.11. The molecule has 0 unspecified atom stereocenters. The molecular formula is C13H10ClF3N2O. The van der Waals surface area contributed by atoms with Crippen molar-refractivity contribution in [2.75, 3.05) is 5.73 Å². The molecule has 2 N–H and O–H groups in total. The van der Waals surface area contributed by atoms with E-state index in [4.69, 9.17) is 22.1 Å². The Labute approximate surface area is 118 Å². The van der Waals surface area contributed by atoms with Gasteiger partial charge in [0.1, 0.15) is 11.6 Å². The average molecular weight is 303 g/mol. The lowest BCUT2D eigenvalue weighted by atomic mass is 10.2. The van der Waals surface area contributed by atoms with Gasteiger partial charge >= 0.3 is 6.18 Å². The predicted octanol–water partition coefficient (Wildman–Crippen LogP) is 4.44. The van der Waals surface area contributed by atoms with Gasteiger partial charge in [-0.15, -0.1) is 0 Å². The monoisotopic (exact) mass is 302 g/mol. The molecule has 0 saturated heterocycles. The van der Waals surface area contributed by atoms with E-state index in [1.165, 1.54) is 6.07 Å². The second kappa shape index (κ2) is 5.20. The molecule has 0 bridgehead atoms. The summed E-state index contributed by atoms with van der Waals surface area (Å²) in [5, 5.41) is 0.536. The second-order valence-corrected chi connectivity index (χ2v) is 4.54. The Morgan fingerprint density at radius 2 is 1.90 bits per heavy atom. The lowest BCUT2D eigenvalue weighted by molar-refractivity contribution is -0.137. The number of hydrogen-bond acceptors (Lipinski definition) is 3. The molecule has 0 saturated carbocycles. The highest BCUT2D eigenvalue weighted by molar-refractivity contribution is 6.31. The molecule has 0 aliphatic rings. The number of benzene rings is 1. The minimum atomic E-state index is -4.51. The Morgan fingerprint density at radius 1 is 1.20 bits per heavy atom. The lowest BCUT2D eigenvalue weighted by Crippen LogP contribution is -2.07. The summed E-state index contributed by atoms with van der Waals surface area (Å²) in [6.07, 6.45) is -4.51. The summed E-state index contributed by atoms with van der Waals surface area (Å²) in [5.74, 6) is -0.155. The van der Waals surface area contributed by atoms with Crippen LogP contribution in [0.5, 0.6) is 11.6 Å². The number of hydrogen-bond donors (Lipinski definition) is 1. The average Bonchev–Trinajstić information content (AvgIpc) is 2.32. The zero-order valence-electron chi connectivity index (χ0n) is 10.3. The van der Waals surface area contributed by atoms with Gasteiger partial charge in [0.25, 0.3) is 0 Å². The van der Waals surface area contributed by atoms with Crippen molar-refractivity contribution in [2.24, 2.45) is 0 Å². The van der Waals surface area contributed by atoms with Crippen LogP contribution in [-0.2, 0) is 6.18 Å². The first-order valence-electron chi connectivity index (χ1n) is 5.54. The first-order valence-corrected chi connectivity index (χ1v) is 5.92. The third-order valence-electron chi connectivity index (χ3n) is 2.50. The number of nitrogens with two attached hydrogens (primary N) is 1. The molecule has 1 aromatic heterocycles. The number of aryl methyl sites for hydroxylation is 1. The number of anilines is 1. The smallest absolute Gasteiger partial charge is 0.416 e. The first-order chi connectivity index (χ1) is 9.25. The molecule has 1 heterocycles. The van der Waals surface area contributed by atoms with Gasteiger partial charge in [-0.1, -0.05) is 11.6 Å². The molecule has 3 nitrogen and oxygen atoms in total. The summed E-state index contributed by atoms with van der Waals surface area (Å²) in [6.45, 7) is 1.75. The number of alkyl halides is 3. The van der Waals surface area contributed by atoms with E-state index in [2.05, 4.69) is 4.98 Å². The zero-order chi connectivity index (χ0) is 14.9. The molecule has 7 heteroatoms. The fraction of sp³-hybridized carbons (Fsp3) is 0.154. The van der Waals surface area contributed by atoms with Crippen LogP contribution < -0.4 is 10.5 Å². The molecule has 2 rings (SSSR count). The van der Waals surface area contributed by atoms with Gasteiger partial charge in [-0.3, -0.25) is 0 Å². The van der Waals surface area contributed by atoms with E-state index < -0.39 is 11.7 Å². The molecule has 0 aliphatic carbocycles. The number of ether oxygens (including phenoxy) is 1. The summed E-state index contributed by atoms with van der Waals surface area (Å²) in [7, 11) is 0. The van der Waals surface area contributed by atoms with E-state index in [0.717, 1.165) is 17.7 Å². The number of halogens is 4. The van der Waals surface area contributed by atoms with Crippen molar-refractivity contribution in [3.05, 3.63) is 46.5 Å². The molecule has 0 radical (unpaired) electrons. The van der Waals surface area contributed by atoms with Gasteiger partial charge in [0, 0.05) is 11.1 Å². The van der Waals surface area contributed by atoms with Crippen molar-refractivity contribution >= 4 is 17.4 Å². The number of nitrogen functional groups attached to an aromatic ring is 1. The van der Waals surface area contributed by atoms with Gasteiger partial charge in [-0.25, -0.2) is 0 Å². The maximum Gasteiger partial charge on any atom is 0.416 e. The van der Waals surface area contributed by atoms with Crippen molar-refractivity contribution in [1.82, 2.24) is 4.98 Å². The Morgan fingerprint density at radius 3 is 2.50 bits per heavy atom. The van der Waals surface area contributed by atoms with Crippen molar-refractivity contribution in [1.29, 1.82) is 0 Å². The Hall–Kier alpha value is -1.95. The van der Waals surface area contributed by atoms with E-state index in [1.807, 2.05) is 0 Å². The van der Waals surface area contributed by atoms with Gasteiger partial charge in [0.15, 0.2) is 0 Å². The van der Waals surface area contributed by atoms with Crippen LogP contribution in [0.25, 0.3) is 0 Å². The van der Waals surface area contributed by atoms with Crippen molar-refractivity contribution < 1.29 is 17.9 Å². The Kier molecular flexibility index (Phi) is 3.76. The fourth-order valence-corrected chi connectivity index (χ4v) is 1.66. The molecule has 0 amide bonds. The Balaban J connectivity index is 2.33. The molecule has 106 valence electrons. The minimum absolute atomic E-state index is 0.223. The number of aromatic nitrogens is 1. The van der Waals surface area contributed by atoms with Crippen LogP contribution in [0.15, 0.2) is 30.3 Å². The van der Waals surface area contributed by atoms with Gasteiger partial charge in [0.05, 0.1) is 5.56 Å². The van der Waals surface area contributed by atoms with Crippen LogP contribution >= 0.6 is 11.6 Å². The number of nitrogens with zero attached hydrogens (tertiary/aromatic N) is 1. The highest BCUT2D eigenvalue weighted by Crippen LogP contribution is 2.33. The second-order valence-electron chi connectivity index (χ2n) is 4.13. The zero-order valence-corrected chi connectivity index (χ0v) is 11.1. The van der Waals surface area contributed by atoms with Gasteiger partial charge < -0.3 is 10.5 Å². The maximum absolute atomic E-state index is 12.6. The number of pyridine rings is 1. The summed E-state index contributed by atoms with van der Waals surface area (Å²) in [6, 6.07) is 6.26. The first kappa shape index (κ1) is 14.5. The predicted molar refractivity (Wildman–Crippen MR) is 69.9 cm³/mol. The molecular weight excluding hydrogens is 293 g/mol. The summed E-state index contributed by atoms with van der Waals surface area (Å²) < 4.78 is 43.2. The summed E-state index contributed by atoms with van der Waals surface area (Å²) in [4.78, 5) is 3.72. The van der Waals surface area contributed by atoms with Crippen LogP contribution in [0.1, 0.15) is 11.1 Å². The van der Waals surface area contributed by atoms with Crippen molar-refractivity contribution in [3.8, 4) is 11.6 Å². The maximum atomic E-state index is 12.6. The normalized spacial score (nSPS) is 11.4. The van der Waals surface area contributed by atoms with E-state index in [1.54, 1.807) is 19.1 Å². The van der Waals surface area contributed by atoms with Crippen LogP contribution in [0.3, 0.4) is 0 Å². The number of rotatable bonds is 2. The largest absolute Gasteiger partial charge is 0.439 e. The third kappa shape index (κ3) is 3.33. The summed E-state index contributed by atoms with van der Waals surface area (Å²) in [5.41, 5.74) is 5.18. The summed E-state index contributed by atoms with van der Waals surface area (Å²) >= 11 is 5.85. The van der Waals surface area contributed by atoms with E-state index in [-0.39, 0.29) is 11.7 Å². The molecule has 2 aromatic rings. The Bertz CT molecular complexity index is 644. The van der Waals surface area contributed by atoms with Crippen LogP contribution in [0, 0.1) is 6.92 Å². The van der Waals surface area contributed by atoms with E-state index in [0.29, 0.717) is 10.8 Å². The van der Waals surface area contributed by atoms with Crippen LogP contribution in [0.4, 0.5) is 19.0 Å². The topological polar surface area (TPSA) is 48.1 Å². The molecule has 0 atom stereocenters. The van der Waals surface area contributed by atoms with E-state index in [9.17, 15) is 13.2 Å². The van der Waals surface area contributed by atoms with Gasteiger partial charge in [-0.2, -0.15) is 18.2 Å². The van der Waals surface area contributed by atoms with E-state index >= 15 is 0 Å². The van der Waals surface area contributed by atoms with Gasteiger partial charge in [-0.05, 0) is 36.8 Å². The molecule has 0 spiro atoms. The molecule has 0 fully saturated rings.